The number of nitrogens with zero attached hydrogens (tertiary/aromatic N) is 1. The number of benzene rings is 1. The number of rotatable bonds is 3. The highest BCUT2D eigenvalue weighted by molar-refractivity contribution is 6.31. The van der Waals surface area contributed by atoms with Crippen LogP contribution in [0.1, 0.15) is 25.3 Å². The summed E-state index contributed by atoms with van der Waals surface area (Å²) in [6.45, 7) is 4.19. The molecule has 0 atom stereocenters. The van der Waals surface area contributed by atoms with E-state index in [-0.39, 0.29) is 10.9 Å². The maximum Gasteiger partial charge on any atom is 0.273 e. The summed E-state index contributed by atoms with van der Waals surface area (Å²) in [7, 11) is 0. The summed E-state index contributed by atoms with van der Waals surface area (Å²) >= 11 is 5.81. The highest BCUT2D eigenvalue weighted by Crippen LogP contribution is 2.26. The van der Waals surface area contributed by atoms with Crippen LogP contribution in [0.15, 0.2) is 35.4 Å². The highest BCUT2D eigenvalue weighted by Gasteiger charge is 2.09. The molecule has 1 heterocycles. The quantitative estimate of drug-likeness (QED) is 0.925. The molecule has 0 aliphatic heterocycles. The average molecular weight is 265 g/mol. The zero-order chi connectivity index (χ0) is 13.1. The molecule has 4 nitrogen and oxygen atoms in total. The molecule has 0 saturated carbocycles. The summed E-state index contributed by atoms with van der Waals surface area (Å²) < 4.78 is 5.52. The molecule has 1 N–H and O–H groups in total. The largest absolute Gasteiger partial charge is 0.437 e. The van der Waals surface area contributed by atoms with Gasteiger partial charge in [0.25, 0.3) is 5.56 Å². The predicted molar refractivity (Wildman–Crippen MR) is 70.5 cm³/mol. The fourth-order valence-electron chi connectivity index (χ4n) is 1.49. The average Bonchev–Trinajstić information content (AvgIpc) is 2.35. The van der Waals surface area contributed by atoms with Gasteiger partial charge < -0.3 is 9.72 Å². The first-order valence-electron chi connectivity index (χ1n) is 5.59. The van der Waals surface area contributed by atoms with E-state index in [1.54, 1.807) is 6.07 Å². The number of nitrogens with one attached hydrogen (secondary N) is 1. The Hall–Kier alpha value is -1.81. The van der Waals surface area contributed by atoms with Crippen LogP contribution < -0.4 is 10.3 Å². The van der Waals surface area contributed by atoms with Crippen molar-refractivity contribution in [3.05, 3.63) is 51.5 Å². The maximum absolute atomic E-state index is 11.3. The minimum absolute atomic E-state index is 0.0487. The molecule has 0 unspecified atom stereocenters. The highest BCUT2D eigenvalue weighted by atomic mass is 35.5. The Morgan fingerprint density at radius 2 is 2.17 bits per heavy atom. The number of ether oxygens (including phenoxy) is 1. The molecule has 0 saturated heterocycles. The lowest BCUT2D eigenvalue weighted by Gasteiger charge is -2.09. The molecule has 5 heteroatoms. The molecular weight excluding hydrogens is 252 g/mol. The molecule has 2 aromatic rings. The van der Waals surface area contributed by atoms with Crippen LogP contribution in [0, 0.1) is 0 Å². The molecule has 0 bridgehead atoms. The van der Waals surface area contributed by atoms with E-state index in [4.69, 9.17) is 16.3 Å². The van der Waals surface area contributed by atoms with E-state index in [0.717, 1.165) is 5.56 Å². The number of hydrogen-bond donors (Lipinski definition) is 1. The lowest BCUT2D eigenvalue weighted by molar-refractivity contribution is 0.460. The first kappa shape index (κ1) is 12.6. The summed E-state index contributed by atoms with van der Waals surface area (Å²) in [5, 5.41) is -0.0487. The Morgan fingerprint density at radius 1 is 1.39 bits per heavy atom. The van der Waals surface area contributed by atoms with E-state index in [2.05, 4.69) is 23.8 Å². The SMILES string of the molecule is CC(C)c1cccc(Oc2nc[nH]c(=O)c2Cl)c1. The van der Waals surface area contributed by atoms with Crippen LogP contribution in [0.5, 0.6) is 11.6 Å². The minimum Gasteiger partial charge on any atom is -0.437 e. The van der Waals surface area contributed by atoms with Crippen LogP contribution in [0.4, 0.5) is 0 Å². The van der Waals surface area contributed by atoms with Gasteiger partial charge in [0, 0.05) is 0 Å². The second-order valence-corrected chi connectivity index (χ2v) is 4.56. The van der Waals surface area contributed by atoms with Gasteiger partial charge in [-0.2, -0.15) is 0 Å². The van der Waals surface area contributed by atoms with Crippen molar-refractivity contribution in [2.75, 3.05) is 0 Å². The molecule has 1 aromatic carbocycles. The topological polar surface area (TPSA) is 55.0 Å². The zero-order valence-electron chi connectivity index (χ0n) is 10.1. The normalized spacial score (nSPS) is 10.7. The summed E-state index contributed by atoms with van der Waals surface area (Å²) in [5.74, 6) is 1.12. The molecule has 94 valence electrons. The number of halogens is 1. The van der Waals surface area contributed by atoms with Crippen LogP contribution in [0.2, 0.25) is 5.02 Å². The van der Waals surface area contributed by atoms with Crippen molar-refractivity contribution in [3.8, 4) is 11.6 Å². The first-order chi connectivity index (χ1) is 8.58. The van der Waals surface area contributed by atoms with Gasteiger partial charge in [0.1, 0.15) is 5.75 Å². The lowest BCUT2D eigenvalue weighted by atomic mass is 10.0. The molecule has 0 aliphatic carbocycles. The molecule has 0 spiro atoms. The van der Waals surface area contributed by atoms with Gasteiger partial charge in [-0.05, 0) is 23.6 Å². The van der Waals surface area contributed by atoms with Crippen LogP contribution in [0.25, 0.3) is 0 Å². The van der Waals surface area contributed by atoms with Crippen LogP contribution in [0.3, 0.4) is 0 Å². The van der Waals surface area contributed by atoms with E-state index in [0.29, 0.717) is 11.7 Å². The van der Waals surface area contributed by atoms with E-state index in [1.807, 2.05) is 18.2 Å². The van der Waals surface area contributed by atoms with Gasteiger partial charge in [-0.25, -0.2) is 4.98 Å². The number of aromatic amines is 1. The van der Waals surface area contributed by atoms with Gasteiger partial charge >= 0.3 is 0 Å². The van der Waals surface area contributed by atoms with Crippen LogP contribution in [-0.4, -0.2) is 9.97 Å². The van der Waals surface area contributed by atoms with Gasteiger partial charge in [-0.3, -0.25) is 4.79 Å². The molecule has 2 rings (SSSR count). The van der Waals surface area contributed by atoms with Gasteiger partial charge in [0.05, 0.1) is 6.33 Å². The Labute approximate surface area is 110 Å². The molecule has 18 heavy (non-hydrogen) atoms. The van der Waals surface area contributed by atoms with E-state index in [1.165, 1.54) is 6.33 Å². The molecule has 0 amide bonds. The van der Waals surface area contributed by atoms with Crippen molar-refractivity contribution in [1.82, 2.24) is 9.97 Å². The van der Waals surface area contributed by atoms with Crippen molar-refractivity contribution < 1.29 is 4.74 Å². The second kappa shape index (κ2) is 5.23. The van der Waals surface area contributed by atoms with Gasteiger partial charge in [0.15, 0.2) is 5.02 Å². The summed E-state index contributed by atoms with van der Waals surface area (Å²) in [6, 6.07) is 7.62. The summed E-state index contributed by atoms with van der Waals surface area (Å²) in [4.78, 5) is 17.6. The van der Waals surface area contributed by atoms with Crippen LogP contribution >= 0.6 is 11.6 Å². The monoisotopic (exact) mass is 264 g/mol. The van der Waals surface area contributed by atoms with Crippen LogP contribution in [-0.2, 0) is 0 Å². The first-order valence-corrected chi connectivity index (χ1v) is 5.96. The number of H-pyrrole nitrogens is 1. The van der Waals surface area contributed by atoms with Crippen molar-refractivity contribution in [2.45, 2.75) is 19.8 Å². The fourth-order valence-corrected chi connectivity index (χ4v) is 1.63. The molecule has 0 radical (unpaired) electrons. The number of aromatic nitrogens is 2. The summed E-state index contributed by atoms with van der Waals surface area (Å²) in [6.07, 6.45) is 1.26. The fraction of sp³-hybridized carbons (Fsp3) is 0.231. The van der Waals surface area contributed by atoms with Gasteiger partial charge in [-0.1, -0.05) is 37.6 Å². The molecular formula is C13H13ClN2O2. The third-order valence-corrected chi connectivity index (χ3v) is 2.84. The molecule has 1 aromatic heterocycles. The standard InChI is InChI=1S/C13H13ClN2O2/c1-8(2)9-4-3-5-10(6-9)18-13-11(14)12(17)15-7-16-13/h3-8H,1-2H3,(H,15,16,17). The Bertz CT molecular complexity index is 608. The summed E-state index contributed by atoms with van der Waals surface area (Å²) in [5.41, 5.74) is 0.732. The van der Waals surface area contributed by atoms with Crippen molar-refractivity contribution in [1.29, 1.82) is 0 Å². The Morgan fingerprint density at radius 3 is 2.89 bits per heavy atom. The Balaban J connectivity index is 2.31. The van der Waals surface area contributed by atoms with E-state index in [9.17, 15) is 4.79 Å². The van der Waals surface area contributed by atoms with Crippen molar-refractivity contribution in [2.24, 2.45) is 0 Å². The minimum atomic E-state index is -0.415. The van der Waals surface area contributed by atoms with E-state index < -0.39 is 5.56 Å². The molecule has 0 aliphatic rings. The zero-order valence-corrected chi connectivity index (χ0v) is 10.9. The van der Waals surface area contributed by atoms with Crippen molar-refractivity contribution in [3.63, 3.8) is 0 Å². The second-order valence-electron chi connectivity index (χ2n) is 4.18. The Kier molecular flexibility index (Phi) is 3.67. The maximum atomic E-state index is 11.3. The third-order valence-electron chi connectivity index (χ3n) is 2.50. The number of hydrogen-bond acceptors (Lipinski definition) is 3. The van der Waals surface area contributed by atoms with Gasteiger partial charge in [-0.15, -0.1) is 0 Å². The molecule has 0 fully saturated rings. The van der Waals surface area contributed by atoms with Gasteiger partial charge in [0.2, 0.25) is 5.88 Å². The third kappa shape index (κ3) is 2.71. The smallest absolute Gasteiger partial charge is 0.273 e. The lowest BCUT2D eigenvalue weighted by Crippen LogP contribution is -2.07. The predicted octanol–water partition coefficient (Wildman–Crippen LogP) is 3.34. The van der Waals surface area contributed by atoms with E-state index >= 15 is 0 Å². The van der Waals surface area contributed by atoms with Crippen molar-refractivity contribution >= 4 is 11.6 Å².